The SMILES string of the molecule is CCOC(=O)[C@H]1CN(C(=O)Oc2ccccc2)C[C@H]1Cc1ccc(O)cc1.Cc1oc(Cc2ccccc2)nc1CCOc1ccc(C[C@@H]2CN(C(=O)Oc3ccccc3)C[C@@H]2C(=O)O)cc1. The second-order valence-electron chi connectivity index (χ2n) is 16.6. The highest BCUT2D eigenvalue weighted by molar-refractivity contribution is 5.77. The Labute approximate surface area is 389 Å². The number of aryl methyl sites for hydroxylation is 1. The average Bonchev–Trinajstić information content (AvgIpc) is 4.06. The van der Waals surface area contributed by atoms with Gasteiger partial charge in [-0.15, -0.1) is 0 Å². The summed E-state index contributed by atoms with van der Waals surface area (Å²) in [5.41, 5.74) is 4.02. The molecule has 1 aromatic heterocycles. The number of carbonyl (C=O) groups is 4. The van der Waals surface area contributed by atoms with Gasteiger partial charge in [-0.05, 0) is 104 Å². The molecule has 2 aliphatic heterocycles. The lowest BCUT2D eigenvalue weighted by Gasteiger charge is -2.16. The summed E-state index contributed by atoms with van der Waals surface area (Å²) in [5.74, 6) is 0.776. The molecule has 5 aromatic carbocycles. The van der Waals surface area contributed by atoms with Crippen molar-refractivity contribution >= 4 is 24.1 Å². The van der Waals surface area contributed by atoms with Crippen LogP contribution in [0.15, 0.2) is 144 Å². The number of oxazole rings is 1. The number of phenolic OH excluding ortho intramolecular Hbond substituents is 1. The van der Waals surface area contributed by atoms with Crippen LogP contribution in [0.1, 0.15) is 41.0 Å². The predicted molar refractivity (Wildman–Crippen MR) is 248 cm³/mol. The van der Waals surface area contributed by atoms with Crippen molar-refractivity contribution in [1.29, 1.82) is 0 Å². The van der Waals surface area contributed by atoms with Gasteiger partial charge in [-0.2, -0.15) is 0 Å². The number of aliphatic carboxylic acids is 1. The molecule has 0 spiro atoms. The number of benzene rings is 5. The van der Waals surface area contributed by atoms with E-state index >= 15 is 0 Å². The number of aromatic nitrogens is 1. The predicted octanol–water partition coefficient (Wildman–Crippen LogP) is 8.81. The van der Waals surface area contributed by atoms with Gasteiger partial charge < -0.3 is 43.4 Å². The van der Waals surface area contributed by atoms with E-state index in [1.54, 1.807) is 72.5 Å². The number of phenols is 1. The fourth-order valence-electron chi connectivity index (χ4n) is 8.35. The zero-order valence-corrected chi connectivity index (χ0v) is 37.6. The van der Waals surface area contributed by atoms with E-state index in [2.05, 4.69) is 17.1 Å². The van der Waals surface area contributed by atoms with Crippen molar-refractivity contribution in [2.45, 2.75) is 39.5 Å². The van der Waals surface area contributed by atoms with Gasteiger partial charge in [0, 0.05) is 39.0 Å². The van der Waals surface area contributed by atoms with Crippen LogP contribution in [-0.2, 0) is 40.0 Å². The van der Waals surface area contributed by atoms with Crippen LogP contribution in [0.5, 0.6) is 23.0 Å². The molecule has 4 atom stereocenters. The highest BCUT2D eigenvalue weighted by Crippen LogP contribution is 2.31. The summed E-state index contributed by atoms with van der Waals surface area (Å²) in [7, 11) is 0. The maximum absolute atomic E-state index is 12.6. The Bertz CT molecular complexity index is 2530. The Hall–Kier alpha value is -7.61. The number of carboxylic acid groups (broad SMARTS) is 1. The molecule has 0 saturated carbocycles. The van der Waals surface area contributed by atoms with Gasteiger partial charge in [0.2, 0.25) is 0 Å². The van der Waals surface area contributed by atoms with Crippen molar-refractivity contribution in [3.05, 3.63) is 174 Å². The first-order chi connectivity index (χ1) is 32.5. The summed E-state index contributed by atoms with van der Waals surface area (Å²) in [6, 6.07) is 42.3. The summed E-state index contributed by atoms with van der Waals surface area (Å²) in [4.78, 5) is 57.1. The van der Waals surface area contributed by atoms with E-state index in [-0.39, 0.29) is 36.6 Å². The van der Waals surface area contributed by atoms with E-state index in [9.17, 15) is 29.4 Å². The molecule has 2 saturated heterocycles. The Morgan fingerprint density at radius 3 is 1.69 bits per heavy atom. The van der Waals surface area contributed by atoms with Crippen LogP contribution in [-0.4, -0.2) is 88.5 Å². The number of amides is 2. The van der Waals surface area contributed by atoms with Crippen molar-refractivity contribution in [3.63, 3.8) is 0 Å². The van der Waals surface area contributed by atoms with Crippen LogP contribution in [0, 0.1) is 30.6 Å². The molecule has 2 amide bonds. The zero-order valence-electron chi connectivity index (χ0n) is 37.6. The molecule has 2 fully saturated rings. The van der Waals surface area contributed by atoms with Gasteiger partial charge in [0.1, 0.15) is 28.8 Å². The number of carboxylic acids is 1. The highest BCUT2D eigenvalue weighted by Gasteiger charge is 2.42. The number of likely N-dealkylation sites (tertiary alicyclic amines) is 2. The average molecular weight is 910 g/mol. The summed E-state index contributed by atoms with van der Waals surface area (Å²) in [6.07, 6.45) is 1.43. The van der Waals surface area contributed by atoms with E-state index in [0.717, 1.165) is 33.9 Å². The molecule has 14 heteroatoms. The number of nitrogens with zero attached hydrogens (tertiary/aromatic N) is 3. The third kappa shape index (κ3) is 13.5. The van der Waals surface area contributed by atoms with Crippen molar-refractivity contribution in [3.8, 4) is 23.0 Å². The lowest BCUT2D eigenvalue weighted by atomic mass is 9.90. The van der Waals surface area contributed by atoms with Gasteiger partial charge in [0.25, 0.3) is 0 Å². The van der Waals surface area contributed by atoms with Crippen LogP contribution in [0.3, 0.4) is 0 Å². The zero-order chi connectivity index (χ0) is 47.1. The number of rotatable bonds is 15. The second kappa shape index (κ2) is 23.0. The fourth-order valence-corrected chi connectivity index (χ4v) is 8.35. The first-order valence-corrected chi connectivity index (χ1v) is 22.4. The van der Waals surface area contributed by atoms with Crippen LogP contribution in [0.4, 0.5) is 9.59 Å². The minimum atomic E-state index is -0.907. The summed E-state index contributed by atoms with van der Waals surface area (Å²) in [5, 5.41) is 19.2. The molecule has 348 valence electrons. The monoisotopic (exact) mass is 909 g/mol. The van der Waals surface area contributed by atoms with E-state index < -0.39 is 30.0 Å². The molecular weight excluding hydrogens is 855 g/mol. The maximum Gasteiger partial charge on any atom is 0.415 e. The van der Waals surface area contributed by atoms with Crippen LogP contribution < -0.4 is 14.2 Å². The quantitative estimate of drug-likeness (QED) is 0.0938. The lowest BCUT2D eigenvalue weighted by Crippen LogP contribution is -2.32. The molecular formula is C53H55N3O11. The van der Waals surface area contributed by atoms with Gasteiger partial charge in [-0.3, -0.25) is 9.59 Å². The van der Waals surface area contributed by atoms with Gasteiger partial charge in [-0.25, -0.2) is 14.6 Å². The molecule has 8 rings (SSSR count). The van der Waals surface area contributed by atoms with Crippen molar-refractivity contribution in [2.24, 2.45) is 23.7 Å². The molecule has 3 heterocycles. The normalized spacial score (nSPS) is 17.5. The smallest absolute Gasteiger partial charge is 0.415 e. The van der Waals surface area contributed by atoms with Crippen molar-refractivity contribution < 1.29 is 52.8 Å². The van der Waals surface area contributed by atoms with Gasteiger partial charge in [0.15, 0.2) is 5.89 Å². The summed E-state index contributed by atoms with van der Waals surface area (Å²) in [6.45, 7) is 5.58. The first kappa shape index (κ1) is 47.4. The fraction of sp³-hybridized carbons (Fsp3) is 0.302. The Morgan fingerprint density at radius 1 is 0.642 bits per heavy atom. The van der Waals surface area contributed by atoms with Crippen molar-refractivity contribution in [2.75, 3.05) is 39.4 Å². The summed E-state index contributed by atoms with van der Waals surface area (Å²) < 4.78 is 27.8. The lowest BCUT2D eigenvalue weighted by molar-refractivity contribution is -0.148. The standard InChI is InChI=1S/C32H32N2O6.C21H23NO5/c1-22-29(33-30(39-22)19-23-8-4-2-5-9-23)16-17-38-26-14-12-24(13-15-26)18-25-20-34(21-28(25)31(35)36)32(37)40-27-10-6-3-7-11-27;1-2-26-20(24)19-14-22(21(25)27-18-6-4-3-5-7-18)13-16(19)12-15-8-10-17(23)11-9-15/h2-15,25,28H,16-21H2,1H3,(H,35,36);3-11,16,19,23H,2,12-14H2,1H3/t25-,28+;16-,19+/m11/s1. The molecule has 0 aliphatic carbocycles. The number of para-hydroxylation sites is 2. The number of esters is 1. The largest absolute Gasteiger partial charge is 0.508 e. The topological polar surface area (TPSA) is 178 Å². The minimum absolute atomic E-state index is 0.0723. The van der Waals surface area contributed by atoms with Gasteiger partial charge >= 0.3 is 24.1 Å². The molecule has 2 N–H and O–H groups in total. The van der Waals surface area contributed by atoms with Gasteiger partial charge in [-0.1, -0.05) is 91.0 Å². The number of hydrogen-bond donors (Lipinski definition) is 2. The van der Waals surface area contributed by atoms with Crippen molar-refractivity contribution in [1.82, 2.24) is 14.8 Å². The van der Waals surface area contributed by atoms with E-state index in [4.69, 9.17) is 23.4 Å². The molecule has 2 aliphatic rings. The first-order valence-electron chi connectivity index (χ1n) is 22.4. The molecule has 0 radical (unpaired) electrons. The number of ether oxygens (including phenoxy) is 4. The molecule has 0 bridgehead atoms. The van der Waals surface area contributed by atoms with E-state index in [1.807, 2.05) is 73.7 Å². The van der Waals surface area contributed by atoms with Crippen LogP contribution in [0.25, 0.3) is 0 Å². The molecule has 14 nitrogen and oxygen atoms in total. The Balaban J connectivity index is 0.000000215. The third-order valence-electron chi connectivity index (χ3n) is 11.8. The Morgan fingerprint density at radius 2 is 1.15 bits per heavy atom. The van der Waals surface area contributed by atoms with Gasteiger partial charge in [0.05, 0.1) is 30.7 Å². The highest BCUT2D eigenvalue weighted by atomic mass is 16.6. The van der Waals surface area contributed by atoms with Crippen LogP contribution >= 0.6 is 0 Å². The number of carbonyl (C=O) groups excluding carboxylic acids is 3. The molecule has 6 aromatic rings. The van der Waals surface area contributed by atoms with Crippen LogP contribution in [0.2, 0.25) is 0 Å². The second-order valence-corrected chi connectivity index (χ2v) is 16.6. The van der Waals surface area contributed by atoms with E-state index in [1.165, 1.54) is 4.90 Å². The Kier molecular flexibility index (Phi) is 16.3. The maximum atomic E-state index is 12.6. The number of aromatic hydroxyl groups is 1. The summed E-state index contributed by atoms with van der Waals surface area (Å²) >= 11 is 0. The molecule has 0 unspecified atom stereocenters. The van der Waals surface area contributed by atoms with E-state index in [0.29, 0.717) is 69.4 Å². The number of hydrogen-bond acceptors (Lipinski definition) is 11. The minimum Gasteiger partial charge on any atom is -0.508 e. The molecule has 67 heavy (non-hydrogen) atoms. The third-order valence-corrected chi connectivity index (χ3v) is 11.8.